The molecule has 1 heterocycles. The molecule has 0 aliphatic carbocycles. The molecular weight excluding hydrogens is 266 g/mol. The fourth-order valence-electron chi connectivity index (χ4n) is 3.18. The molecule has 1 aromatic rings. The van der Waals surface area contributed by atoms with Crippen LogP contribution in [-0.2, 0) is 4.74 Å². The molecule has 1 aliphatic rings. The summed E-state index contributed by atoms with van der Waals surface area (Å²) in [5, 5.41) is 3.57. The smallest absolute Gasteiger partial charge is 0.127 e. The molecule has 0 amide bonds. The van der Waals surface area contributed by atoms with Gasteiger partial charge in [-0.25, -0.2) is 0 Å². The van der Waals surface area contributed by atoms with Crippen LogP contribution < -0.4 is 14.8 Å². The predicted octanol–water partition coefficient (Wildman–Crippen LogP) is 3.31. The minimum Gasteiger partial charge on any atom is -0.496 e. The zero-order chi connectivity index (χ0) is 15.3. The minimum absolute atomic E-state index is 0.0499. The van der Waals surface area contributed by atoms with Crippen molar-refractivity contribution in [3.63, 3.8) is 0 Å². The highest BCUT2D eigenvalue weighted by Crippen LogP contribution is 2.43. The van der Waals surface area contributed by atoms with Crippen molar-refractivity contribution < 1.29 is 14.2 Å². The van der Waals surface area contributed by atoms with E-state index in [0.717, 1.165) is 43.1 Å². The van der Waals surface area contributed by atoms with E-state index in [1.54, 1.807) is 14.2 Å². The van der Waals surface area contributed by atoms with Crippen LogP contribution in [-0.4, -0.2) is 33.0 Å². The third kappa shape index (κ3) is 3.33. The standard InChI is InChI=1S/C17H27NO3/c1-5-18-16(17(2)11-6-7-12-21-17)15-13(19-3)9-8-10-14(15)20-4/h8-10,16,18H,5-7,11-12H2,1-4H3. The highest BCUT2D eigenvalue weighted by Gasteiger charge is 2.40. The van der Waals surface area contributed by atoms with Crippen LogP contribution in [0.3, 0.4) is 0 Å². The van der Waals surface area contributed by atoms with Gasteiger partial charge in [0.1, 0.15) is 11.5 Å². The van der Waals surface area contributed by atoms with E-state index in [-0.39, 0.29) is 11.6 Å². The minimum atomic E-state index is -0.240. The van der Waals surface area contributed by atoms with Crippen molar-refractivity contribution in [2.45, 2.75) is 44.8 Å². The van der Waals surface area contributed by atoms with Crippen LogP contribution in [0.5, 0.6) is 11.5 Å². The first-order valence-electron chi connectivity index (χ1n) is 7.74. The Hall–Kier alpha value is -1.26. The molecule has 1 fully saturated rings. The Morgan fingerprint density at radius 3 is 2.38 bits per heavy atom. The fraction of sp³-hybridized carbons (Fsp3) is 0.647. The van der Waals surface area contributed by atoms with Gasteiger partial charge in [-0.2, -0.15) is 0 Å². The van der Waals surface area contributed by atoms with Crippen LogP contribution in [0.1, 0.15) is 44.7 Å². The molecule has 2 rings (SSSR count). The van der Waals surface area contributed by atoms with E-state index >= 15 is 0 Å². The Bertz CT molecular complexity index is 433. The van der Waals surface area contributed by atoms with Gasteiger partial charge in [0.05, 0.1) is 31.4 Å². The summed E-state index contributed by atoms with van der Waals surface area (Å²) in [6.45, 7) is 5.98. The Balaban J connectivity index is 2.46. The monoisotopic (exact) mass is 293 g/mol. The van der Waals surface area contributed by atoms with E-state index in [0.29, 0.717) is 0 Å². The van der Waals surface area contributed by atoms with E-state index in [9.17, 15) is 0 Å². The number of benzene rings is 1. The molecule has 0 bridgehead atoms. The third-order valence-corrected chi connectivity index (χ3v) is 4.27. The van der Waals surface area contributed by atoms with Gasteiger partial charge in [0.2, 0.25) is 0 Å². The first kappa shape index (κ1) is 16.1. The van der Waals surface area contributed by atoms with Gasteiger partial charge in [0, 0.05) is 6.61 Å². The number of nitrogens with one attached hydrogen (secondary N) is 1. The van der Waals surface area contributed by atoms with Crippen LogP contribution in [0.2, 0.25) is 0 Å². The molecule has 1 saturated heterocycles. The number of hydrogen-bond donors (Lipinski definition) is 1. The van der Waals surface area contributed by atoms with Crippen molar-refractivity contribution in [1.82, 2.24) is 5.32 Å². The zero-order valence-corrected chi connectivity index (χ0v) is 13.6. The maximum atomic E-state index is 6.16. The molecular formula is C17H27NO3. The lowest BCUT2D eigenvalue weighted by Crippen LogP contribution is -2.46. The second kappa shape index (κ2) is 7.14. The van der Waals surface area contributed by atoms with Gasteiger partial charge in [-0.3, -0.25) is 0 Å². The molecule has 1 aromatic carbocycles. The summed E-state index contributed by atoms with van der Waals surface area (Å²) in [6, 6.07) is 5.96. The summed E-state index contributed by atoms with van der Waals surface area (Å²) < 4.78 is 17.3. The molecule has 118 valence electrons. The molecule has 0 radical (unpaired) electrons. The van der Waals surface area contributed by atoms with Crippen molar-refractivity contribution in [3.8, 4) is 11.5 Å². The van der Waals surface area contributed by atoms with E-state index < -0.39 is 0 Å². The average molecular weight is 293 g/mol. The Labute approximate surface area is 127 Å². The van der Waals surface area contributed by atoms with Crippen molar-refractivity contribution in [2.24, 2.45) is 0 Å². The summed E-state index contributed by atoms with van der Waals surface area (Å²) in [6.07, 6.45) is 3.36. The van der Waals surface area contributed by atoms with Gasteiger partial charge < -0.3 is 19.5 Å². The molecule has 0 spiro atoms. The van der Waals surface area contributed by atoms with Crippen molar-refractivity contribution >= 4 is 0 Å². The largest absolute Gasteiger partial charge is 0.496 e. The highest BCUT2D eigenvalue weighted by molar-refractivity contribution is 5.48. The van der Waals surface area contributed by atoms with Gasteiger partial charge in [-0.1, -0.05) is 13.0 Å². The van der Waals surface area contributed by atoms with Crippen LogP contribution >= 0.6 is 0 Å². The molecule has 4 heteroatoms. The number of hydrogen-bond acceptors (Lipinski definition) is 4. The van der Waals surface area contributed by atoms with Gasteiger partial charge in [-0.15, -0.1) is 0 Å². The molecule has 21 heavy (non-hydrogen) atoms. The molecule has 1 aliphatic heterocycles. The maximum absolute atomic E-state index is 6.16. The van der Waals surface area contributed by atoms with E-state index in [2.05, 4.69) is 19.2 Å². The highest BCUT2D eigenvalue weighted by atomic mass is 16.5. The number of likely N-dealkylation sites (N-methyl/N-ethyl adjacent to an activating group) is 1. The third-order valence-electron chi connectivity index (χ3n) is 4.27. The zero-order valence-electron chi connectivity index (χ0n) is 13.6. The molecule has 4 nitrogen and oxygen atoms in total. The number of methoxy groups -OCH3 is 2. The molecule has 2 unspecified atom stereocenters. The molecule has 0 saturated carbocycles. The van der Waals surface area contributed by atoms with Gasteiger partial charge in [0.15, 0.2) is 0 Å². The van der Waals surface area contributed by atoms with Crippen molar-refractivity contribution in [1.29, 1.82) is 0 Å². The lowest BCUT2D eigenvalue weighted by molar-refractivity contribution is -0.0902. The van der Waals surface area contributed by atoms with Crippen LogP contribution in [0.15, 0.2) is 18.2 Å². The second-order valence-corrected chi connectivity index (χ2v) is 5.69. The number of ether oxygens (including phenoxy) is 3. The first-order valence-corrected chi connectivity index (χ1v) is 7.74. The molecule has 1 N–H and O–H groups in total. The molecule has 0 aromatic heterocycles. The lowest BCUT2D eigenvalue weighted by atomic mass is 9.83. The SMILES string of the molecule is CCNC(c1c(OC)cccc1OC)C1(C)CCCCO1. The topological polar surface area (TPSA) is 39.7 Å². The summed E-state index contributed by atoms with van der Waals surface area (Å²) in [5.74, 6) is 1.69. The normalized spacial score (nSPS) is 23.6. The Morgan fingerprint density at radius 1 is 1.24 bits per heavy atom. The summed E-state index contributed by atoms with van der Waals surface area (Å²) >= 11 is 0. The molecule has 2 atom stereocenters. The summed E-state index contributed by atoms with van der Waals surface area (Å²) in [7, 11) is 3.40. The average Bonchev–Trinajstić information content (AvgIpc) is 2.52. The van der Waals surface area contributed by atoms with Crippen LogP contribution in [0, 0.1) is 0 Å². The van der Waals surface area contributed by atoms with Gasteiger partial charge in [-0.05, 0) is 44.9 Å². The Kier molecular flexibility index (Phi) is 5.48. The van der Waals surface area contributed by atoms with Crippen molar-refractivity contribution in [3.05, 3.63) is 23.8 Å². The first-order chi connectivity index (χ1) is 10.2. The Morgan fingerprint density at radius 2 is 1.90 bits per heavy atom. The lowest BCUT2D eigenvalue weighted by Gasteiger charge is -2.42. The quantitative estimate of drug-likeness (QED) is 0.873. The number of rotatable bonds is 6. The van der Waals surface area contributed by atoms with Crippen LogP contribution in [0.25, 0.3) is 0 Å². The summed E-state index contributed by atoms with van der Waals surface area (Å²) in [5.41, 5.74) is 0.810. The van der Waals surface area contributed by atoms with Crippen LogP contribution in [0.4, 0.5) is 0 Å². The van der Waals surface area contributed by atoms with E-state index in [1.807, 2.05) is 18.2 Å². The van der Waals surface area contributed by atoms with E-state index in [4.69, 9.17) is 14.2 Å². The van der Waals surface area contributed by atoms with Crippen molar-refractivity contribution in [2.75, 3.05) is 27.4 Å². The van der Waals surface area contributed by atoms with Gasteiger partial charge >= 0.3 is 0 Å². The predicted molar refractivity (Wildman–Crippen MR) is 84.2 cm³/mol. The van der Waals surface area contributed by atoms with E-state index in [1.165, 1.54) is 6.42 Å². The fourth-order valence-corrected chi connectivity index (χ4v) is 3.18. The second-order valence-electron chi connectivity index (χ2n) is 5.69. The maximum Gasteiger partial charge on any atom is 0.127 e. The van der Waals surface area contributed by atoms with Gasteiger partial charge in [0.25, 0.3) is 0 Å². The summed E-state index contributed by atoms with van der Waals surface area (Å²) in [4.78, 5) is 0.